The summed E-state index contributed by atoms with van der Waals surface area (Å²) in [5.41, 5.74) is 8.55. The van der Waals surface area contributed by atoms with E-state index in [1.807, 2.05) is 30.3 Å². The van der Waals surface area contributed by atoms with E-state index >= 15 is 0 Å². The van der Waals surface area contributed by atoms with Crippen molar-refractivity contribution in [3.63, 3.8) is 0 Å². The highest BCUT2D eigenvalue weighted by atomic mass is 19.1. The summed E-state index contributed by atoms with van der Waals surface area (Å²) in [5, 5.41) is 12.4. The Labute approximate surface area is 249 Å². The Morgan fingerprint density at radius 2 is 1.30 bits per heavy atom. The molecule has 0 aliphatic heterocycles. The van der Waals surface area contributed by atoms with E-state index < -0.39 is 0 Å². The van der Waals surface area contributed by atoms with Gasteiger partial charge in [0.05, 0.1) is 38.7 Å². The molecule has 0 atom stereocenters. The molecule has 0 saturated heterocycles. The molecule has 0 aliphatic carbocycles. The molecule has 6 N–H and O–H groups in total. The van der Waals surface area contributed by atoms with Gasteiger partial charge >= 0.3 is 0 Å². The van der Waals surface area contributed by atoms with Gasteiger partial charge in [0.2, 0.25) is 17.8 Å². The maximum Gasteiger partial charge on any atom is 0.251 e. The van der Waals surface area contributed by atoms with E-state index in [9.17, 15) is 9.18 Å². The maximum atomic E-state index is 13.3. The topological polar surface area (TPSA) is 161 Å². The van der Waals surface area contributed by atoms with Crippen LogP contribution < -0.4 is 27.0 Å². The lowest BCUT2D eigenvalue weighted by Crippen LogP contribution is -2.27. The van der Waals surface area contributed by atoms with Gasteiger partial charge in [-0.1, -0.05) is 30.3 Å². The number of amides is 1. The van der Waals surface area contributed by atoms with Crippen LogP contribution in [0.25, 0.3) is 0 Å². The standard InChI is InChI=1S/C30H36FN9O3/c31-25-10-6-23(7-11-25)20-36-29-38-28(39-30(40-29)37-21-26-3-1-2-13-33-26)35-19-22-4-8-24(9-5-22)27(41)34-14-16-43-18-17-42-15-12-32/h1-11,13H,12,14-21,32H2,(H,34,41)(H3,35,36,37,38,39,40). The van der Waals surface area contributed by atoms with Crippen LogP contribution in [0.15, 0.2) is 72.9 Å². The highest BCUT2D eigenvalue weighted by Gasteiger charge is 2.09. The zero-order chi connectivity index (χ0) is 30.1. The van der Waals surface area contributed by atoms with Gasteiger partial charge in [0.1, 0.15) is 5.82 Å². The highest BCUT2D eigenvalue weighted by Crippen LogP contribution is 2.14. The molecule has 0 fully saturated rings. The van der Waals surface area contributed by atoms with Crippen molar-refractivity contribution in [1.29, 1.82) is 0 Å². The van der Waals surface area contributed by atoms with Crippen LogP contribution in [0.4, 0.5) is 22.2 Å². The van der Waals surface area contributed by atoms with E-state index in [0.717, 1.165) is 16.8 Å². The predicted octanol–water partition coefficient (Wildman–Crippen LogP) is 2.96. The summed E-state index contributed by atoms with van der Waals surface area (Å²) < 4.78 is 23.9. The van der Waals surface area contributed by atoms with Crippen LogP contribution in [-0.2, 0) is 29.1 Å². The molecule has 13 heteroatoms. The monoisotopic (exact) mass is 589 g/mol. The molecule has 2 aromatic heterocycles. The van der Waals surface area contributed by atoms with Crippen molar-refractivity contribution in [2.24, 2.45) is 5.73 Å². The second-order valence-corrected chi connectivity index (χ2v) is 9.28. The summed E-state index contributed by atoms with van der Waals surface area (Å²) in [6.45, 7) is 3.95. The lowest BCUT2D eigenvalue weighted by Gasteiger charge is -2.12. The van der Waals surface area contributed by atoms with Crippen LogP contribution in [0.5, 0.6) is 0 Å². The number of carbonyl (C=O) groups excluding carboxylic acids is 1. The van der Waals surface area contributed by atoms with Crippen LogP contribution in [0.3, 0.4) is 0 Å². The summed E-state index contributed by atoms with van der Waals surface area (Å²) in [6, 6.07) is 19.1. The van der Waals surface area contributed by atoms with Crippen molar-refractivity contribution in [2.45, 2.75) is 19.6 Å². The Morgan fingerprint density at radius 3 is 1.88 bits per heavy atom. The smallest absolute Gasteiger partial charge is 0.251 e. The molecule has 12 nitrogen and oxygen atoms in total. The minimum absolute atomic E-state index is 0.180. The molecule has 0 radical (unpaired) electrons. The molecular weight excluding hydrogens is 553 g/mol. The maximum absolute atomic E-state index is 13.3. The number of rotatable bonds is 18. The van der Waals surface area contributed by atoms with Gasteiger partial charge in [-0.15, -0.1) is 0 Å². The molecule has 2 heterocycles. The second kappa shape index (κ2) is 17.3. The van der Waals surface area contributed by atoms with Crippen LogP contribution in [0.2, 0.25) is 0 Å². The largest absolute Gasteiger partial charge is 0.378 e. The van der Waals surface area contributed by atoms with Gasteiger partial charge in [-0.25, -0.2) is 4.39 Å². The van der Waals surface area contributed by atoms with E-state index in [1.165, 1.54) is 12.1 Å². The zero-order valence-electron chi connectivity index (χ0n) is 23.8. The van der Waals surface area contributed by atoms with E-state index in [4.69, 9.17) is 15.2 Å². The number of benzene rings is 2. The third-order valence-electron chi connectivity index (χ3n) is 5.99. The quantitative estimate of drug-likeness (QED) is 0.109. The molecule has 4 aromatic rings. The van der Waals surface area contributed by atoms with Gasteiger partial charge in [-0.3, -0.25) is 9.78 Å². The van der Waals surface area contributed by atoms with Crippen molar-refractivity contribution in [3.05, 3.63) is 101 Å². The SMILES string of the molecule is NCCOCCOCCNC(=O)c1ccc(CNc2nc(NCc3ccc(F)cc3)nc(NCc3ccccn3)n2)cc1. The van der Waals surface area contributed by atoms with E-state index in [2.05, 4.69) is 41.2 Å². The Bertz CT molecular complexity index is 1390. The number of nitrogens with zero attached hydrogens (tertiary/aromatic N) is 4. The molecule has 0 saturated carbocycles. The number of carbonyl (C=O) groups is 1. The first-order chi connectivity index (χ1) is 21.1. The fraction of sp³-hybridized carbons (Fsp3) is 0.300. The van der Waals surface area contributed by atoms with Crippen LogP contribution in [-0.4, -0.2) is 65.4 Å². The van der Waals surface area contributed by atoms with E-state index in [1.54, 1.807) is 30.5 Å². The van der Waals surface area contributed by atoms with Gasteiger partial charge < -0.3 is 36.5 Å². The summed E-state index contributed by atoms with van der Waals surface area (Å²) in [6.07, 6.45) is 1.72. The van der Waals surface area contributed by atoms with E-state index in [0.29, 0.717) is 82.6 Å². The molecular formula is C30H36FN9O3. The minimum atomic E-state index is -0.295. The summed E-state index contributed by atoms with van der Waals surface area (Å²) in [4.78, 5) is 30.2. The molecule has 0 spiro atoms. The predicted molar refractivity (Wildman–Crippen MR) is 162 cm³/mol. The zero-order valence-corrected chi connectivity index (χ0v) is 23.8. The Hall–Kier alpha value is -4.72. The van der Waals surface area contributed by atoms with Gasteiger partial charge in [0.25, 0.3) is 5.91 Å². The van der Waals surface area contributed by atoms with Gasteiger partial charge in [-0.05, 0) is 47.5 Å². The summed E-state index contributed by atoms with van der Waals surface area (Å²) in [7, 11) is 0. The van der Waals surface area contributed by atoms with Crippen molar-refractivity contribution < 1.29 is 18.7 Å². The molecule has 0 unspecified atom stereocenters. The van der Waals surface area contributed by atoms with Gasteiger partial charge in [0.15, 0.2) is 0 Å². The van der Waals surface area contributed by atoms with Crippen LogP contribution in [0, 0.1) is 5.82 Å². The number of nitrogens with two attached hydrogens (primary N) is 1. The number of pyridine rings is 1. The number of aromatic nitrogens is 4. The first kappa shape index (κ1) is 31.2. The lowest BCUT2D eigenvalue weighted by molar-refractivity contribution is 0.0511. The Balaban J connectivity index is 1.30. The van der Waals surface area contributed by atoms with Crippen molar-refractivity contribution in [1.82, 2.24) is 25.3 Å². The number of halogens is 1. The third-order valence-corrected chi connectivity index (χ3v) is 5.99. The van der Waals surface area contributed by atoms with Crippen molar-refractivity contribution >= 4 is 23.8 Å². The number of nitrogens with one attached hydrogen (secondary N) is 4. The first-order valence-electron chi connectivity index (χ1n) is 13.9. The number of hydrogen-bond donors (Lipinski definition) is 5. The Kier molecular flexibility index (Phi) is 12.6. The summed E-state index contributed by atoms with van der Waals surface area (Å²) in [5.74, 6) is 0.597. The minimum Gasteiger partial charge on any atom is -0.378 e. The molecule has 226 valence electrons. The number of ether oxygens (including phenoxy) is 2. The molecule has 0 aliphatic rings. The normalized spacial score (nSPS) is 10.7. The molecule has 4 rings (SSSR count). The molecule has 2 aromatic carbocycles. The lowest BCUT2D eigenvalue weighted by atomic mass is 10.1. The fourth-order valence-corrected chi connectivity index (χ4v) is 3.77. The molecule has 1 amide bonds. The van der Waals surface area contributed by atoms with Crippen molar-refractivity contribution in [2.75, 3.05) is 55.5 Å². The van der Waals surface area contributed by atoms with Gasteiger partial charge in [-0.2, -0.15) is 15.0 Å². The Morgan fingerprint density at radius 1 is 0.721 bits per heavy atom. The number of anilines is 3. The second-order valence-electron chi connectivity index (χ2n) is 9.28. The fourth-order valence-electron chi connectivity index (χ4n) is 3.77. The summed E-state index contributed by atoms with van der Waals surface area (Å²) >= 11 is 0. The van der Waals surface area contributed by atoms with Crippen LogP contribution >= 0.6 is 0 Å². The van der Waals surface area contributed by atoms with Crippen molar-refractivity contribution in [3.8, 4) is 0 Å². The van der Waals surface area contributed by atoms with E-state index in [-0.39, 0.29) is 11.7 Å². The highest BCUT2D eigenvalue weighted by molar-refractivity contribution is 5.94. The van der Waals surface area contributed by atoms with Crippen LogP contribution in [0.1, 0.15) is 27.2 Å². The number of hydrogen-bond acceptors (Lipinski definition) is 11. The average Bonchev–Trinajstić information content (AvgIpc) is 3.04. The molecule has 0 bridgehead atoms. The third kappa shape index (κ3) is 11.2. The molecule has 43 heavy (non-hydrogen) atoms. The van der Waals surface area contributed by atoms with Gasteiger partial charge in [0, 0.05) is 37.9 Å². The first-order valence-corrected chi connectivity index (χ1v) is 13.9. The average molecular weight is 590 g/mol.